The van der Waals surface area contributed by atoms with Gasteiger partial charge in [0.1, 0.15) is 11.2 Å². The molecule has 0 radical (unpaired) electrons. The number of nitrogens with zero attached hydrogens (tertiary/aromatic N) is 4. The monoisotopic (exact) mass is 342 g/mol. The molecule has 3 aromatic heterocycles. The molecule has 1 aliphatic rings. The van der Waals surface area contributed by atoms with Gasteiger partial charge in [0.25, 0.3) is 5.91 Å². The molecular formula is C15H14N6O2S. The lowest BCUT2D eigenvalue weighted by atomic mass is 9.91. The molecule has 9 heteroatoms. The summed E-state index contributed by atoms with van der Waals surface area (Å²) in [5.41, 5.74) is 2.43. The second-order valence-electron chi connectivity index (χ2n) is 5.56. The minimum absolute atomic E-state index is 0.109. The summed E-state index contributed by atoms with van der Waals surface area (Å²) < 4.78 is 1.47. The van der Waals surface area contributed by atoms with Crippen molar-refractivity contribution in [3.8, 4) is 5.69 Å². The van der Waals surface area contributed by atoms with Crippen molar-refractivity contribution in [3.63, 3.8) is 0 Å². The summed E-state index contributed by atoms with van der Waals surface area (Å²) in [7, 11) is 0. The van der Waals surface area contributed by atoms with Crippen molar-refractivity contribution in [3.05, 3.63) is 56.4 Å². The molecule has 0 saturated heterocycles. The third-order valence-electron chi connectivity index (χ3n) is 4.08. The first-order valence-corrected chi connectivity index (χ1v) is 8.44. The topological polar surface area (TPSA) is 106 Å². The quantitative estimate of drug-likeness (QED) is 0.744. The largest absolute Gasteiger partial charge is 0.344 e. The third kappa shape index (κ3) is 2.62. The Morgan fingerprint density at radius 3 is 3.12 bits per heavy atom. The lowest BCUT2D eigenvalue weighted by molar-refractivity contribution is 0.0936. The lowest BCUT2D eigenvalue weighted by Gasteiger charge is -2.25. The average molecular weight is 342 g/mol. The Labute approximate surface area is 140 Å². The molecule has 0 aromatic carbocycles. The highest BCUT2D eigenvalue weighted by Gasteiger charge is 2.24. The molecule has 0 fully saturated rings. The van der Waals surface area contributed by atoms with Crippen LogP contribution in [0.5, 0.6) is 0 Å². The molecule has 3 heterocycles. The van der Waals surface area contributed by atoms with Crippen LogP contribution < -0.4 is 10.9 Å². The van der Waals surface area contributed by atoms with Crippen molar-refractivity contribution in [1.29, 1.82) is 0 Å². The Balaban J connectivity index is 1.61. The molecule has 1 unspecified atom stereocenters. The average Bonchev–Trinajstić information content (AvgIpc) is 3.25. The summed E-state index contributed by atoms with van der Waals surface area (Å²) in [6, 6.07) is 5.00. The van der Waals surface area contributed by atoms with Crippen molar-refractivity contribution in [1.82, 2.24) is 30.5 Å². The van der Waals surface area contributed by atoms with Gasteiger partial charge in [-0.1, -0.05) is 0 Å². The zero-order valence-electron chi connectivity index (χ0n) is 12.6. The van der Waals surface area contributed by atoms with Crippen LogP contribution in [-0.4, -0.2) is 31.1 Å². The second-order valence-corrected chi connectivity index (χ2v) is 6.48. The number of thiophene rings is 1. The molecule has 24 heavy (non-hydrogen) atoms. The van der Waals surface area contributed by atoms with Gasteiger partial charge in [0.2, 0.25) is 5.56 Å². The number of aryl methyl sites for hydroxylation is 1. The van der Waals surface area contributed by atoms with Gasteiger partial charge in [-0.15, -0.1) is 16.4 Å². The van der Waals surface area contributed by atoms with E-state index in [2.05, 4.69) is 25.8 Å². The van der Waals surface area contributed by atoms with Crippen LogP contribution in [-0.2, 0) is 6.42 Å². The SMILES string of the molecule is O=C(NC1CCCc2[nH]c(=O)ccc21)c1sccc1-n1cnnn1. The van der Waals surface area contributed by atoms with Gasteiger partial charge in [0, 0.05) is 11.8 Å². The minimum Gasteiger partial charge on any atom is -0.344 e. The minimum atomic E-state index is -0.167. The molecular weight excluding hydrogens is 328 g/mol. The number of H-pyrrole nitrogens is 1. The smallest absolute Gasteiger partial charge is 0.264 e. The molecule has 0 spiro atoms. The first-order valence-electron chi connectivity index (χ1n) is 7.56. The van der Waals surface area contributed by atoms with Gasteiger partial charge in [-0.25, -0.2) is 0 Å². The Hall–Kier alpha value is -2.81. The van der Waals surface area contributed by atoms with Crippen LogP contribution in [0, 0.1) is 0 Å². The normalized spacial score (nSPS) is 16.6. The van der Waals surface area contributed by atoms with E-state index in [1.165, 1.54) is 28.4 Å². The molecule has 0 bridgehead atoms. The number of pyridine rings is 1. The van der Waals surface area contributed by atoms with Gasteiger partial charge in [-0.2, -0.15) is 4.68 Å². The fraction of sp³-hybridized carbons (Fsp3) is 0.267. The Kier molecular flexibility index (Phi) is 3.69. The van der Waals surface area contributed by atoms with Gasteiger partial charge in [-0.3, -0.25) is 9.59 Å². The maximum absolute atomic E-state index is 12.7. The highest BCUT2D eigenvalue weighted by molar-refractivity contribution is 7.12. The van der Waals surface area contributed by atoms with Crippen LogP contribution in [0.2, 0.25) is 0 Å². The predicted octanol–water partition coefficient (Wildman–Crippen LogP) is 1.22. The van der Waals surface area contributed by atoms with Gasteiger partial charge in [-0.05, 0) is 52.8 Å². The van der Waals surface area contributed by atoms with Crippen LogP contribution in [0.3, 0.4) is 0 Å². The zero-order chi connectivity index (χ0) is 16.5. The number of carbonyl (C=O) groups is 1. The number of aromatic nitrogens is 5. The summed E-state index contributed by atoms with van der Waals surface area (Å²) in [5, 5.41) is 15.9. The number of amides is 1. The van der Waals surface area contributed by atoms with Crippen LogP contribution in [0.4, 0.5) is 0 Å². The molecule has 0 aliphatic heterocycles. The van der Waals surface area contributed by atoms with Crippen LogP contribution in [0.25, 0.3) is 5.69 Å². The van der Waals surface area contributed by atoms with Crippen LogP contribution >= 0.6 is 11.3 Å². The third-order valence-corrected chi connectivity index (χ3v) is 4.99. The molecule has 2 N–H and O–H groups in total. The maximum atomic E-state index is 12.7. The standard InChI is InChI=1S/C15H14N6O2S/c22-13-5-4-9-10(17-13)2-1-3-11(9)18-15(23)14-12(6-7-24-14)21-8-16-19-20-21/h4-8,11H,1-3H2,(H,17,22)(H,18,23). The second kappa shape index (κ2) is 6.00. The first kappa shape index (κ1) is 14.8. The Bertz CT molecular complexity index is 930. The van der Waals surface area contributed by atoms with Crippen LogP contribution in [0.15, 0.2) is 34.7 Å². The summed E-state index contributed by atoms with van der Waals surface area (Å²) in [6.45, 7) is 0. The number of hydrogen-bond acceptors (Lipinski definition) is 6. The van der Waals surface area contributed by atoms with Crippen molar-refractivity contribution in [2.75, 3.05) is 0 Å². The predicted molar refractivity (Wildman–Crippen MR) is 87.2 cm³/mol. The number of rotatable bonds is 3. The van der Waals surface area contributed by atoms with E-state index in [9.17, 15) is 9.59 Å². The van der Waals surface area contributed by atoms with E-state index in [-0.39, 0.29) is 17.5 Å². The van der Waals surface area contributed by atoms with Crippen molar-refractivity contribution in [2.45, 2.75) is 25.3 Å². The van der Waals surface area contributed by atoms with E-state index < -0.39 is 0 Å². The van der Waals surface area contributed by atoms with E-state index in [0.717, 1.165) is 30.5 Å². The number of carbonyl (C=O) groups excluding carboxylic acids is 1. The Morgan fingerprint density at radius 1 is 1.38 bits per heavy atom. The molecule has 4 rings (SSSR count). The number of hydrogen-bond donors (Lipinski definition) is 2. The first-order chi connectivity index (χ1) is 11.7. The van der Waals surface area contributed by atoms with Gasteiger partial charge in [0.05, 0.1) is 11.7 Å². The highest BCUT2D eigenvalue weighted by atomic mass is 32.1. The van der Waals surface area contributed by atoms with E-state index in [1.807, 2.05) is 11.4 Å². The van der Waals surface area contributed by atoms with Gasteiger partial charge >= 0.3 is 0 Å². The molecule has 1 aliphatic carbocycles. The summed E-state index contributed by atoms with van der Waals surface area (Å²) >= 11 is 1.34. The molecule has 122 valence electrons. The molecule has 1 amide bonds. The summed E-state index contributed by atoms with van der Waals surface area (Å²) in [5.74, 6) is -0.167. The zero-order valence-corrected chi connectivity index (χ0v) is 13.4. The Morgan fingerprint density at radius 2 is 2.29 bits per heavy atom. The number of tetrazole rings is 1. The van der Waals surface area contributed by atoms with E-state index in [4.69, 9.17) is 0 Å². The molecule has 3 aromatic rings. The van der Waals surface area contributed by atoms with Crippen LogP contribution in [0.1, 0.15) is 39.8 Å². The van der Waals surface area contributed by atoms with Crippen molar-refractivity contribution < 1.29 is 4.79 Å². The van der Waals surface area contributed by atoms with Crippen molar-refractivity contribution >= 4 is 17.2 Å². The number of aromatic amines is 1. The van der Waals surface area contributed by atoms with E-state index in [0.29, 0.717) is 10.6 Å². The number of fused-ring (bicyclic) bond motifs is 1. The fourth-order valence-electron chi connectivity index (χ4n) is 3.00. The summed E-state index contributed by atoms with van der Waals surface area (Å²) in [4.78, 5) is 27.6. The highest BCUT2D eigenvalue weighted by Crippen LogP contribution is 2.29. The molecule has 0 saturated carbocycles. The van der Waals surface area contributed by atoms with E-state index in [1.54, 1.807) is 6.07 Å². The van der Waals surface area contributed by atoms with Gasteiger partial charge < -0.3 is 10.3 Å². The number of nitrogens with one attached hydrogen (secondary N) is 2. The molecule has 8 nitrogen and oxygen atoms in total. The fourth-order valence-corrected chi connectivity index (χ4v) is 3.78. The van der Waals surface area contributed by atoms with E-state index >= 15 is 0 Å². The summed E-state index contributed by atoms with van der Waals surface area (Å²) in [6.07, 6.45) is 4.05. The van der Waals surface area contributed by atoms with Crippen molar-refractivity contribution in [2.24, 2.45) is 0 Å². The maximum Gasteiger partial charge on any atom is 0.264 e. The lowest BCUT2D eigenvalue weighted by Crippen LogP contribution is -2.32. The van der Waals surface area contributed by atoms with Gasteiger partial charge in [0.15, 0.2) is 0 Å². The molecule has 1 atom stereocenters.